The zero-order valence-corrected chi connectivity index (χ0v) is 15.4. The van der Waals surface area contributed by atoms with Crippen LogP contribution in [0.2, 0.25) is 0 Å². The second-order valence-corrected chi connectivity index (χ2v) is 7.86. The molecule has 4 nitrogen and oxygen atoms in total. The zero-order valence-electron chi connectivity index (χ0n) is 13.0. The van der Waals surface area contributed by atoms with Crippen LogP contribution in [0.5, 0.6) is 0 Å². The number of benzene rings is 1. The van der Waals surface area contributed by atoms with E-state index >= 15 is 0 Å². The van der Waals surface area contributed by atoms with Crippen LogP contribution in [0.1, 0.15) is 19.8 Å². The summed E-state index contributed by atoms with van der Waals surface area (Å²) in [6, 6.07) is 9.83. The lowest BCUT2D eigenvalue weighted by atomic mass is 10.3. The number of hydrogen-bond donors (Lipinski definition) is 0. The fourth-order valence-corrected chi connectivity index (χ4v) is 4.65. The van der Waals surface area contributed by atoms with Crippen molar-refractivity contribution >= 4 is 45.7 Å². The molecule has 1 aromatic carbocycles. The van der Waals surface area contributed by atoms with E-state index in [0.717, 1.165) is 29.4 Å². The summed E-state index contributed by atoms with van der Waals surface area (Å²) in [4.78, 5) is 17.4. The first-order valence-corrected chi connectivity index (χ1v) is 9.65. The lowest BCUT2D eigenvalue weighted by Crippen LogP contribution is -2.19. The maximum Gasteiger partial charge on any atom is 0.273 e. The van der Waals surface area contributed by atoms with Crippen LogP contribution in [0.25, 0.3) is 16.0 Å². The van der Waals surface area contributed by atoms with Crippen LogP contribution in [0.3, 0.4) is 0 Å². The van der Waals surface area contributed by atoms with Gasteiger partial charge in [-0.2, -0.15) is 0 Å². The molecule has 0 fully saturated rings. The van der Waals surface area contributed by atoms with E-state index in [9.17, 15) is 4.79 Å². The van der Waals surface area contributed by atoms with E-state index in [1.54, 1.807) is 23.4 Å². The molecule has 3 rings (SSSR count). The number of fused-ring (bicyclic) bond motifs is 1. The highest BCUT2D eigenvalue weighted by Crippen LogP contribution is 2.25. The molecule has 0 unspecified atom stereocenters. The van der Waals surface area contributed by atoms with Crippen molar-refractivity contribution in [2.45, 2.75) is 24.9 Å². The molecule has 0 amide bonds. The predicted molar refractivity (Wildman–Crippen MR) is 101 cm³/mol. The van der Waals surface area contributed by atoms with Crippen LogP contribution < -0.4 is 5.56 Å². The number of hydrogen-bond acceptors (Lipinski definition) is 5. The Morgan fingerprint density at radius 3 is 2.74 bits per heavy atom. The predicted octanol–water partition coefficient (Wildman–Crippen LogP) is 4.41. The molecule has 0 saturated heterocycles. The third-order valence-electron chi connectivity index (χ3n) is 3.52. The topological polar surface area (TPSA) is 39.8 Å². The van der Waals surface area contributed by atoms with Gasteiger partial charge in [0.05, 0.1) is 0 Å². The first kappa shape index (κ1) is 16.4. The van der Waals surface area contributed by atoms with Gasteiger partial charge in [-0.3, -0.25) is 13.9 Å². The van der Waals surface area contributed by atoms with E-state index < -0.39 is 0 Å². The fraction of sp³-hybridized carbons (Fsp3) is 0.312. The highest BCUT2D eigenvalue weighted by atomic mass is 32.2. The number of aromatic nitrogens is 3. The maximum atomic E-state index is 12.6. The average molecular weight is 364 g/mol. The molecule has 2 aromatic heterocycles. The van der Waals surface area contributed by atoms with Gasteiger partial charge in [-0.05, 0) is 30.8 Å². The van der Waals surface area contributed by atoms with E-state index in [0.29, 0.717) is 14.3 Å². The Hall–Kier alpha value is -1.44. The van der Waals surface area contributed by atoms with Crippen molar-refractivity contribution in [2.75, 3.05) is 5.75 Å². The van der Waals surface area contributed by atoms with Crippen molar-refractivity contribution in [2.24, 2.45) is 7.05 Å². The lowest BCUT2D eigenvalue weighted by molar-refractivity contribution is 0.721. The van der Waals surface area contributed by atoms with Crippen LogP contribution in [-0.2, 0) is 7.05 Å². The summed E-state index contributed by atoms with van der Waals surface area (Å²) in [5, 5.41) is 0.744. The minimum absolute atomic E-state index is 0.0280. The van der Waals surface area contributed by atoms with E-state index in [1.165, 1.54) is 11.3 Å². The minimum atomic E-state index is -0.0280. The van der Waals surface area contributed by atoms with Crippen molar-refractivity contribution < 1.29 is 0 Å². The van der Waals surface area contributed by atoms with Gasteiger partial charge in [-0.15, -0.1) is 0 Å². The third kappa shape index (κ3) is 3.13. The monoisotopic (exact) mass is 363 g/mol. The molecule has 0 radical (unpaired) electrons. The molecular formula is C16H17N3OS3. The largest absolute Gasteiger partial charge is 0.289 e. The van der Waals surface area contributed by atoms with E-state index in [1.807, 2.05) is 34.9 Å². The summed E-state index contributed by atoms with van der Waals surface area (Å²) in [7, 11) is 1.78. The van der Waals surface area contributed by atoms with Gasteiger partial charge in [0, 0.05) is 18.5 Å². The van der Waals surface area contributed by atoms with Crippen molar-refractivity contribution in [1.29, 1.82) is 0 Å². The molecule has 3 aromatic rings. The van der Waals surface area contributed by atoms with E-state index in [-0.39, 0.29) is 5.56 Å². The fourth-order valence-electron chi connectivity index (χ4n) is 2.25. The second kappa shape index (κ2) is 6.98. The molecule has 0 saturated carbocycles. The van der Waals surface area contributed by atoms with Gasteiger partial charge in [0.2, 0.25) is 0 Å². The van der Waals surface area contributed by atoms with Crippen LogP contribution in [-0.4, -0.2) is 19.9 Å². The molecule has 0 atom stereocenters. The van der Waals surface area contributed by atoms with Crippen LogP contribution in [0, 0.1) is 3.95 Å². The highest BCUT2D eigenvalue weighted by Gasteiger charge is 2.15. The molecule has 23 heavy (non-hydrogen) atoms. The number of rotatable bonds is 5. The van der Waals surface area contributed by atoms with E-state index in [4.69, 9.17) is 17.2 Å². The molecule has 120 valence electrons. The normalized spacial score (nSPS) is 11.2. The standard InChI is InChI=1S/C16H17N3OS3/c1-3-4-10-22-15-17-13-12(14(20)18(15)2)23-16(21)19(13)11-8-6-5-7-9-11/h5-9H,3-4,10H2,1-2H3. The maximum absolute atomic E-state index is 12.6. The quantitative estimate of drug-likeness (QED) is 0.291. The molecule has 0 aliphatic rings. The van der Waals surface area contributed by atoms with Crippen LogP contribution in [0.15, 0.2) is 40.3 Å². The molecule has 0 N–H and O–H groups in total. The van der Waals surface area contributed by atoms with Gasteiger partial charge in [0.1, 0.15) is 4.70 Å². The summed E-state index contributed by atoms with van der Waals surface area (Å²) in [6.07, 6.45) is 2.23. The molecule has 2 heterocycles. The Labute approximate surface area is 147 Å². The van der Waals surface area contributed by atoms with Gasteiger partial charge < -0.3 is 0 Å². The molecule has 0 spiro atoms. The number of thiazole rings is 1. The Balaban J connectivity index is 2.21. The number of unbranched alkanes of at least 4 members (excludes halogenated alkanes) is 1. The van der Waals surface area contributed by atoms with Crippen LogP contribution in [0.4, 0.5) is 0 Å². The third-order valence-corrected chi connectivity index (χ3v) is 5.98. The van der Waals surface area contributed by atoms with Gasteiger partial charge in [0.15, 0.2) is 14.8 Å². The summed E-state index contributed by atoms with van der Waals surface area (Å²) >= 11 is 8.42. The van der Waals surface area contributed by atoms with Gasteiger partial charge in [-0.1, -0.05) is 54.6 Å². The van der Waals surface area contributed by atoms with Crippen molar-refractivity contribution in [3.63, 3.8) is 0 Å². The summed E-state index contributed by atoms with van der Waals surface area (Å²) in [5.41, 5.74) is 1.57. The Bertz CT molecular complexity index is 941. The van der Waals surface area contributed by atoms with Crippen LogP contribution >= 0.6 is 35.3 Å². The van der Waals surface area contributed by atoms with Crippen molar-refractivity contribution in [3.8, 4) is 5.69 Å². The Morgan fingerprint density at radius 1 is 1.30 bits per heavy atom. The molecule has 0 bridgehead atoms. The van der Waals surface area contributed by atoms with Gasteiger partial charge >= 0.3 is 0 Å². The van der Waals surface area contributed by atoms with Gasteiger partial charge in [0.25, 0.3) is 5.56 Å². The average Bonchev–Trinajstić information content (AvgIpc) is 2.89. The number of para-hydroxylation sites is 1. The molecule has 0 aliphatic carbocycles. The summed E-state index contributed by atoms with van der Waals surface area (Å²) in [6.45, 7) is 2.15. The lowest BCUT2D eigenvalue weighted by Gasteiger charge is -2.08. The molecule has 0 aliphatic heterocycles. The smallest absolute Gasteiger partial charge is 0.273 e. The zero-order chi connectivity index (χ0) is 16.4. The SMILES string of the molecule is CCCCSc1nc2c(sc(=S)n2-c2ccccc2)c(=O)n1C. The van der Waals surface area contributed by atoms with Crippen molar-refractivity contribution in [3.05, 3.63) is 44.6 Å². The summed E-state index contributed by atoms with van der Waals surface area (Å²) in [5.74, 6) is 0.957. The first-order valence-electron chi connectivity index (χ1n) is 7.44. The number of nitrogens with zero attached hydrogens (tertiary/aromatic N) is 3. The highest BCUT2D eigenvalue weighted by molar-refractivity contribution is 7.99. The van der Waals surface area contributed by atoms with Crippen molar-refractivity contribution in [1.82, 2.24) is 14.1 Å². The minimum Gasteiger partial charge on any atom is -0.289 e. The first-order chi connectivity index (χ1) is 11.1. The molecular weight excluding hydrogens is 346 g/mol. The second-order valence-electron chi connectivity index (χ2n) is 5.15. The van der Waals surface area contributed by atoms with Gasteiger partial charge in [-0.25, -0.2) is 4.98 Å². The molecule has 7 heteroatoms. The Morgan fingerprint density at radius 2 is 2.04 bits per heavy atom. The van der Waals surface area contributed by atoms with E-state index in [2.05, 4.69) is 6.92 Å². The number of thioether (sulfide) groups is 1. The summed E-state index contributed by atoms with van der Waals surface area (Å²) < 4.78 is 4.77. The Kier molecular flexibility index (Phi) is 4.99.